The summed E-state index contributed by atoms with van der Waals surface area (Å²) in [6.45, 7) is 6.56. The van der Waals surface area contributed by atoms with Crippen molar-refractivity contribution in [3.63, 3.8) is 0 Å². The van der Waals surface area contributed by atoms with Crippen molar-refractivity contribution in [2.75, 3.05) is 0 Å². The van der Waals surface area contributed by atoms with Crippen molar-refractivity contribution < 1.29 is 28.6 Å². The van der Waals surface area contributed by atoms with Crippen LogP contribution in [0.5, 0.6) is 0 Å². The molecule has 6 nitrogen and oxygen atoms in total. The van der Waals surface area contributed by atoms with Crippen LogP contribution < -0.4 is 0 Å². The molecular weight excluding hydrogens is 300 g/mol. The minimum atomic E-state index is -1.91. The van der Waals surface area contributed by atoms with Crippen molar-refractivity contribution in [3.8, 4) is 0 Å². The molecule has 1 unspecified atom stereocenters. The van der Waals surface area contributed by atoms with Gasteiger partial charge in [0, 0.05) is 0 Å². The van der Waals surface area contributed by atoms with Gasteiger partial charge in [0.2, 0.25) is 0 Å². The molecule has 1 aromatic rings. The second kappa shape index (κ2) is 4.68. The Morgan fingerprint density at radius 2 is 1.78 bits per heavy atom. The summed E-state index contributed by atoms with van der Waals surface area (Å²) in [6.07, 6.45) is 0. The number of ether oxygens (including phenoxy) is 3. The predicted molar refractivity (Wildman–Crippen MR) is 78.2 cm³/mol. The fourth-order valence-electron chi connectivity index (χ4n) is 2.64. The van der Waals surface area contributed by atoms with E-state index in [1.807, 2.05) is 0 Å². The second-order valence-corrected chi connectivity index (χ2v) is 6.42. The number of hydrogen-bond acceptors (Lipinski definition) is 6. The maximum absolute atomic E-state index is 12.8. The van der Waals surface area contributed by atoms with E-state index < -0.39 is 29.1 Å². The Balaban J connectivity index is 2.01. The van der Waals surface area contributed by atoms with Gasteiger partial charge in [0.25, 0.3) is 5.78 Å². The number of carbonyl (C=O) groups excluding carboxylic acids is 3. The summed E-state index contributed by atoms with van der Waals surface area (Å²) in [4.78, 5) is 37.1. The molecule has 0 bridgehead atoms. The van der Waals surface area contributed by atoms with E-state index in [2.05, 4.69) is 0 Å². The topological polar surface area (TPSA) is 78.9 Å². The highest BCUT2D eigenvalue weighted by molar-refractivity contribution is 6.23. The Morgan fingerprint density at radius 3 is 2.43 bits per heavy atom. The molecule has 120 valence electrons. The number of carbonyl (C=O) groups is 3. The number of Topliss-reactive ketones (excluding diaryl/α,β-unsaturated/α-hetero) is 1. The van der Waals surface area contributed by atoms with Gasteiger partial charge in [-0.25, -0.2) is 9.59 Å². The molecule has 1 atom stereocenters. The van der Waals surface area contributed by atoms with Crippen LogP contribution in [-0.4, -0.2) is 23.3 Å². The molecule has 2 aliphatic rings. The SMILES string of the molecule is CC1=C(C(=O)OC(C)(C)C)C(=O)C2(OC(=O)c3ccccc32)O1. The molecule has 0 saturated carbocycles. The third-order valence-electron chi connectivity index (χ3n) is 3.52. The lowest BCUT2D eigenvalue weighted by Gasteiger charge is -2.22. The molecule has 3 rings (SSSR count). The Bertz CT molecular complexity index is 768. The van der Waals surface area contributed by atoms with Gasteiger partial charge >= 0.3 is 17.7 Å². The van der Waals surface area contributed by atoms with E-state index in [1.165, 1.54) is 6.92 Å². The fourth-order valence-corrected chi connectivity index (χ4v) is 2.64. The zero-order valence-corrected chi connectivity index (χ0v) is 13.3. The van der Waals surface area contributed by atoms with Crippen LogP contribution >= 0.6 is 0 Å². The molecule has 23 heavy (non-hydrogen) atoms. The van der Waals surface area contributed by atoms with Crippen molar-refractivity contribution in [2.45, 2.75) is 39.1 Å². The first-order chi connectivity index (χ1) is 10.7. The molecule has 1 spiro atoms. The molecule has 0 saturated heterocycles. The van der Waals surface area contributed by atoms with E-state index in [0.29, 0.717) is 5.56 Å². The van der Waals surface area contributed by atoms with E-state index in [1.54, 1.807) is 45.0 Å². The molecule has 2 aliphatic heterocycles. The van der Waals surface area contributed by atoms with E-state index in [9.17, 15) is 14.4 Å². The summed E-state index contributed by atoms with van der Waals surface area (Å²) in [5.41, 5.74) is -0.443. The van der Waals surface area contributed by atoms with Crippen molar-refractivity contribution >= 4 is 17.7 Å². The molecule has 0 aliphatic carbocycles. The van der Waals surface area contributed by atoms with Crippen LogP contribution in [0.4, 0.5) is 0 Å². The van der Waals surface area contributed by atoms with Crippen molar-refractivity contribution in [3.05, 3.63) is 46.7 Å². The largest absolute Gasteiger partial charge is 0.456 e. The number of rotatable bonds is 1. The van der Waals surface area contributed by atoms with Gasteiger partial charge in [-0.3, -0.25) is 4.79 Å². The molecule has 0 N–H and O–H groups in total. The molecule has 0 amide bonds. The van der Waals surface area contributed by atoms with Crippen LogP contribution in [0.15, 0.2) is 35.6 Å². The molecule has 0 radical (unpaired) electrons. The highest BCUT2D eigenvalue weighted by atomic mass is 16.7. The summed E-state index contributed by atoms with van der Waals surface area (Å²) in [6, 6.07) is 6.45. The Hall–Kier alpha value is -2.63. The van der Waals surface area contributed by atoms with Gasteiger partial charge in [-0.1, -0.05) is 12.1 Å². The summed E-state index contributed by atoms with van der Waals surface area (Å²) in [5.74, 6) is -4.01. The highest BCUT2D eigenvalue weighted by Gasteiger charge is 2.60. The van der Waals surface area contributed by atoms with Gasteiger partial charge in [0.05, 0.1) is 11.1 Å². The minimum Gasteiger partial charge on any atom is -0.456 e. The van der Waals surface area contributed by atoms with Gasteiger partial charge in [0.1, 0.15) is 16.9 Å². The number of esters is 2. The average molecular weight is 316 g/mol. The van der Waals surface area contributed by atoms with Gasteiger partial charge in [-0.15, -0.1) is 0 Å². The third kappa shape index (κ3) is 2.21. The van der Waals surface area contributed by atoms with E-state index >= 15 is 0 Å². The summed E-state index contributed by atoms with van der Waals surface area (Å²) < 4.78 is 16.0. The van der Waals surface area contributed by atoms with Gasteiger partial charge in [0.15, 0.2) is 0 Å². The molecule has 2 heterocycles. The number of ketones is 1. The summed E-state index contributed by atoms with van der Waals surface area (Å²) in [5, 5.41) is 0. The molecule has 6 heteroatoms. The second-order valence-electron chi connectivity index (χ2n) is 6.42. The number of hydrogen-bond donors (Lipinski definition) is 0. The molecule has 0 fully saturated rings. The van der Waals surface area contributed by atoms with Crippen LogP contribution in [-0.2, 0) is 29.6 Å². The molecular formula is C17H16O6. The number of allylic oxidation sites excluding steroid dienone is 1. The van der Waals surface area contributed by atoms with Crippen LogP contribution in [0.25, 0.3) is 0 Å². The van der Waals surface area contributed by atoms with E-state index in [4.69, 9.17) is 14.2 Å². The predicted octanol–water partition coefficient (Wildman–Crippen LogP) is 2.22. The van der Waals surface area contributed by atoms with E-state index in [0.717, 1.165) is 0 Å². The monoisotopic (exact) mass is 316 g/mol. The zero-order valence-electron chi connectivity index (χ0n) is 13.3. The molecule has 0 aromatic heterocycles. The Labute approximate surface area is 133 Å². The number of fused-ring (bicyclic) bond motifs is 2. The fraction of sp³-hybridized carbons (Fsp3) is 0.353. The number of benzene rings is 1. The standard InChI is InChI=1S/C17H16O6/c1-9-12(15(20)22-16(2,3)4)13(18)17(21-9)11-8-6-5-7-10(11)14(19)23-17/h5-8H,1-4H3. The Kier molecular flexibility index (Phi) is 3.11. The normalized spacial score (nSPS) is 23.0. The highest BCUT2D eigenvalue weighted by Crippen LogP contribution is 2.46. The van der Waals surface area contributed by atoms with Gasteiger partial charge in [-0.05, 0) is 39.8 Å². The molecule has 1 aromatic carbocycles. The van der Waals surface area contributed by atoms with Crippen LogP contribution in [0.1, 0.15) is 43.6 Å². The van der Waals surface area contributed by atoms with E-state index in [-0.39, 0.29) is 16.9 Å². The quantitative estimate of drug-likeness (QED) is 0.584. The lowest BCUT2D eigenvalue weighted by atomic mass is 9.96. The van der Waals surface area contributed by atoms with Crippen LogP contribution in [0.2, 0.25) is 0 Å². The first-order valence-corrected chi connectivity index (χ1v) is 7.16. The van der Waals surface area contributed by atoms with Crippen molar-refractivity contribution in [2.24, 2.45) is 0 Å². The lowest BCUT2D eigenvalue weighted by molar-refractivity contribution is -0.178. The van der Waals surface area contributed by atoms with Crippen LogP contribution in [0.3, 0.4) is 0 Å². The first-order valence-electron chi connectivity index (χ1n) is 7.16. The average Bonchev–Trinajstić information content (AvgIpc) is 2.85. The Morgan fingerprint density at radius 1 is 1.13 bits per heavy atom. The van der Waals surface area contributed by atoms with Crippen LogP contribution in [0, 0.1) is 0 Å². The zero-order chi connectivity index (χ0) is 17.0. The summed E-state index contributed by atoms with van der Waals surface area (Å²) in [7, 11) is 0. The maximum Gasteiger partial charge on any atom is 0.347 e. The van der Waals surface area contributed by atoms with Gasteiger partial charge < -0.3 is 14.2 Å². The smallest absolute Gasteiger partial charge is 0.347 e. The lowest BCUT2D eigenvalue weighted by Crippen LogP contribution is -2.37. The van der Waals surface area contributed by atoms with Gasteiger partial charge in [-0.2, -0.15) is 0 Å². The third-order valence-corrected chi connectivity index (χ3v) is 3.52. The first kappa shape index (κ1) is 15.3. The summed E-state index contributed by atoms with van der Waals surface area (Å²) >= 11 is 0. The van der Waals surface area contributed by atoms with Crippen molar-refractivity contribution in [1.82, 2.24) is 0 Å². The van der Waals surface area contributed by atoms with Crippen molar-refractivity contribution in [1.29, 1.82) is 0 Å². The minimum absolute atomic E-state index is 0.0775. The maximum atomic E-state index is 12.8.